The van der Waals surface area contributed by atoms with Gasteiger partial charge in [-0.1, -0.05) is 20.1 Å². The van der Waals surface area contributed by atoms with Crippen LogP contribution >= 0.6 is 0 Å². The molecule has 5 heteroatoms. The van der Waals surface area contributed by atoms with E-state index in [1.807, 2.05) is 0 Å². The first-order valence-corrected chi connectivity index (χ1v) is 6.90. The number of carbonyl (C=O) groups is 1. The van der Waals surface area contributed by atoms with Crippen LogP contribution < -0.4 is 10.6 Å². The summed E-state index contributed by atoms with van der Waals surface area (Å²) in [5.74, 6) is -0.287. The molecule has 1 saturated carbocycles. The number of hydrogen-bond acceptors (Lipinski definition) is 3. The van der Waals surface area contributed by atoms with Crippen LogP contribution in [0.4, 0.5) is 4.79 Å². The van der Waals surface area contributed by atoms with Crippen LogP contribution in [-0.4, -0.2) is 52.8 Å². The number of aliphatic hydroxyl groups excluding tert-OH is 1. The summed E-state index contributed by atoms with van der Waals surface area (Å²) >= 11 is 0. The Balaban J connectivity index is 1.88. The normalized spacial score (nSPS) is 49.3. The van der Waals surface area contributed by atoms with Crippen LogP contribution in [0.25, 0.3) is 0 Å². The van der Waals surface area contributed by atoms with E-state index in [-0.39, 0.29) is 37.0 Å². The maximum absolute atomic E-state index is 12.2. The van der Waals surface area contributed by atoms with Gasteiger partial charge >= 0.3 is 6.03 Å². The molecule has 3 fully saturated rings. The van der Waals surface area contributed by atoms with E-state index in [0.717, 1.165) is 12.8 Å². The largest absolute Gasteiger partial charge is 0.391 e. The van der Waals surface area contributed by atoms with Gasteiger partial charge in [0.25, 0.3) is 0 Å². The van der Waals surface area contributed by atoms with Crippen LogP contribution in [0, 0.1) is 5.92 Å². The SMILES string of the molecule is [2H]C([2H])([2H])C([2H])(N[C@H]1CCN2C(=O)NC3CCCC(C32)[C@@H]1O)C([2H])([2H])[2H]. The highest BCUT2D eigenvalue weighted by Gasteiger charge is 2.50. The summed E-state index contributed by atoms with van der Waals surface area (Å²) in [4.78, 5) is 13.9. The van der Waals surface area contributed by atoms with Gasteiger partial charge in [0.1, 0.15) is 0 Å². The van der Waals surface area contributed by atoms with Gasteiger partial charge in [0.05, 0.1) is 18.2 Å². The van der Waals surface area contributed by atoms with Crippen molar-refractivity contribution >= 4 is 6.03 Å². The molecule has 0 spiro atoms. The molecule has 5 atom stereocenters. The summed E-state index contributed by atoms with van der Waals surface area (Å²) in [6.07, 6.45) is 1.45. The minimum Gasteiger partial charge on any atom is -0.391 e. The first-order valence-electron chi connectivity index (χ1n) is 10.4. The molecular weight excluding hydrogens is 242 g/mol. The highest BCUT2D eigenvalue weighted by molar-refractivity contribution is 5.78. The number of urea groups is 1. The monoisotopic (exact) mass is 274 g/mol. The second-order valence-corrected chi connectivity index (χ2v) is 5.74. The van der Waals surface area contributed by atoms with Crippen LogP contribution in [0.15, 0.2) is 0 Å². The lowest BCUT2D eigenvalue weighted by Gasteiger charge is -2.38. The first-order chi connectivity index (χ1) is 11.9. The third-order valence-electron chi connectivity index (χ3n) is 4.69. The Morgan fingerprint density at radius 3 is 3.16 bits per heavy atom. The van der Waals surface area contributed by atoms with Crippen LogP contribution in [-0.2, 0) is 0 Å². The van der Waals surface area contributed by atoms with Crippen molar-refractivity contribution in [3.63, 3.8) is 0 Å². The van der Waals surface area contributed by atoms with Crippen molar-refractivity contribution in [2.75, 3.05) is 6.54 Å². The van der Waals surface area contributed by atoms with E-state index in [9.17, 15) is 9.90 Å². The lowest BCUT2D eigenvalue weighted by molar-refractivity contribution is 0.0274. The van der Waals surface area contributed by atoms with Gasteiger partial charge < -0.3 is 20.6 Å². The molecule has 0 bridgehead atoms. The smallest absolute Gasteiger partial charge is 0.318 e. The molecule has 108 valence electrons. The number of nitrogens with one attached hydrogen (secondary N) is 2. The van der Waals surface area contributed by atoms with Gasteiger partial charge in [-0.25, -0.2) is 4.79 Å². The van der Waals surface area contributed by atoms with Crippen molar-refractivity contribution < 1.29 is 19.5 Å². The van der Waals surface area contributed by atoms with Crippen LogP contribution in [0.1, 0.15) is 49.0 Å². The third kappa shape index (κ3) is 2.23. The Kier molecular flexibility index (Phi) is 1.89. The van der Waals surface area contributed by atoms with Crippen LogP contribution in [0.3, 0.4) is 0 Å². The Morgan fingerprint density at radius 1 is 1.53 bits per heavy atom. The average molecular weight is 274 g/mol. The van der Waals surface area contributed by atoms with Gasteiger partial charge in [0, 0.05) is 34.1 Å². The van der Waals surface area contributed by atoms with Crippen LogP contribution in [0.5, 0.6) is 0 Å². The lowest BCUT2D eigenvalue weighted by atomic mass is 9.77. The van der Waals surface area contributed by atoms with E-state index in [1.165, 1.54) is 0 Å². The summed E-state index contributed by atoms with van der Waals surface area (Å²) in [6.45, 7) is -5.93. The standard InChI is InChI=1S/C14H25N3O2/c1-8(2)15-11-6-7-17-12-9(13(11)18)4-3-5-10(12)16-14(17)19/h8-13,15,18H,3-7H2,1-2H3,(H,16,19)/t9?,10?,11-,12?,13-/m0/s1/i1D3,2D3,8D. The Hall–Kier alpha value is -0.810. The van der Waals surface area contributed by atoms with Crippen molar-refractivity contribution in [2.24, 2.45) is 5.92 Å². The van der Waals surface area contributed by atoms with E-state index >= 15 is 0 Å². The molecule has 3 unspecified atom stereocenters. The maximum Gasteiger partial charge on any atom is 0.318 e. The van der Waals surface area contributed by atoms with Gasteiger partial charge in [-0.05, 0) is 19.3 Å². The zero-order valence-corrected chi connectivity index (χ0v) is 10.7. The van der Waals surface area contributed by atoms with E-state index in [4.69, 9.17) is 9.60 Å². The molecule has 2 aliphatic heterocycles. The average Bonchev–Trinajstić information content (AvgIpc) is 2.75. The highest BCUT2D eigenvalue weighted by atomic mass is 16.3. The predicted molar refractivity (Wildman–Crippen MR) is 72.8 cm³/mol. The predicted octanol–water partition coefficient (Wildman–Crippen LogP) is 0.680. The summed E-state index contributed by atoms with van der Waals surface area (Å²) in [6, 6.07) is -4.23. The second-order valence-electron chi connectivity index (χ2n) is 5.74. The fraction of sp³-hybridized carbons (Fsp3) is 0.929. The zero-order valence-electron chi connectivity index (χ0n) is 17.7. The molecule has 3 aliphatic rings. The summed E-state index contributed by atoms with van der Waals surface area (Å²) < 4.78 is 53.4. The molecule has 0 radical (unpaired) electrons. The molecule has 5 nitrogen and oxygen atoms in total. The zero-order chi connectivity index (χ0) is 19.5. The van der Waals surface area contributed by atoms with E-state index in [0.29, 0.717) is 6.42 Å². The molecule has 0 aromatic heterocycles. The summed E-state index contributed by atoms with van der Waals surface area (Å²) in [7, 11) is 0. The molecular formula is C14H25N3O2. The Morgan fingerprint density at radius 2 is 2.37 bits per heavy atom. The molecule has 19 heavy (non-hydrogen) atoms. The molecule has 3 N–H and O–H groups in total. The molecule has 1 aliphatic carbocycles. The topological polar surface area (TPSA) is 64.6 Å². The van der Waals surface area contributed by atoms with Gasteiger partial charge in [-0.15, -0.1) is 0 Å². The highest BCUT2D eigenvalue weighted by Crippen LogP contribution is 2.38. The van der Waals surface area contributed by atoms with Crippen molar-refractivity contribution in [3.8, 4) is 0 Å². The Bertz CT molecular complexity index is 554. The maximum atomic E-state index is 12.2. The number of carbonyl (C=O) groups excluding carboxylic acids is 1. The summed E-state index contributed by atoms with van der Waals surface area (Å²) in [5, 5.41) is 16.3. The van der Waals surface area contributed by atoms with E-state index in [1.54, 1.807) is 4.90 Å². The van der Waals surface area contributed by atoms with Crippen molar-refractivity contribution in [2.45, 2.75) is 69.6 Å². The molecule has 2 saturated heterocycles. The number of amides is 2. The lowest BCUT2D eigenvalue weighted by Crippen LogP contribution is -2.52. The molecule has 3 rings (SSSR count). The van der Waals surface area contributed by atoms with Crippen molar-refractivity contribution in [1.29, 1.82) is 0 Å². The molecule has 0 aromatic carbocycles. The van der Waals surface area contributed by atoms with Crippen LogP contribution in [0.2, 0.25) is 0 Å². The minimum atomic E-state index is -3.10. The molecule has 2 heterocycles. The van der Waals surface area contributed by atoms with Crippen molar-refractivity contribution in [3.05, 3.63) is 0 Å². The molecule has 2 amide bonds. The molecule has 0 aromatic rings. The quantitative estimate of drug-likeness (QED) is 0.694. The van der Waals surface area contributed by atoms with E-state index in [2.05, 4.69) is 10.6 Å². The minimum absolute atomic E-state index is 0.0550. The van der Waals surface area contributed by atoms with Gasteiger partial charge in [0.2, 0.25) is 0 Å². The number of nitrogens with zero attached hydrogens (tertiary/aromatic N) is 1. The van der Waals surface area contributed by atoms with Gasteiger partial charge in [0.15, 0.2) is 0 Å². The Labute approximate surface area is 124 Å². The number of aliphatic hydroxyl groups is 1. The van der Waals surface area contributed by atoms with Gasteiger partial charge in [-0.2, -0.15) is 0 Å². The first kappa shape index (κ1) is 7.27. The third-order valence-corrected chi connectivity index (χ3v) is 4.69. The second kappa shape index (κ2) is 4.94. The fourth-order valence-electron chi connectivity index (χ4n) is 3.91. The van der Waals surface area contributed by atoms with Crippen molar-refractivity contribution in [1.82, 2.24) is 15.5 Å². The van der Waals surface area contributed by atoms with E-state index < -0.39 is 31.9 Å². The van der Waals surface area contributed by atoms with Gasteiger partial charge in [-0.3, -0.25) is 0 Å². The number of hydrogen-bond donors (Lipinski definition) is 3. The number of rotatable bonds is 2. The fourth-order valence-corrected chi connectivity index (χ4v) is 3.91. The summed E-state index contributed by atoms with van der Waals surface area (Å²) in [5.41, 5.74) is 0.